The summed E-state index contributed by atoms with van der Waals surface area (Å²) in [5, 5.41) is 3.36. The van der Waals surface area contributed by atoms with Crippen molar-refractivity contribution in [2.75, 3.05) is 13.1 Å². The summed E-state index contributed by atoms with van der Waals surface area (Å²) in [4.78, 5) is 0. The zero-order valence-corrected chi connectivity index (χ0v) is 12.4. The molecule has 0 aliphatic carbocycles. The summed E-state index contributed by atoms with van der Waals surface area (Å²) in [5.41, 5.74) is 0.204. The Kier molecular flexibility index (Phi) is 6.53. The number of hydrogen-bond donors (Lipinski definition) is 1. The van der Waals surface area contributed by atoms with E-state index in [2.05, 4.69) is 26.1 Å². The van der Waals surface area contributed by atoms with Crippen LogP contribution < -0.4 is 5.32 Å². The van der Waals surface area contributed by atoms with Crippen molar-refractivity contribution in [1.82, 2.24) is 5.32 Å². The summed E-state index contributed by atoms with van der Waals surface area (Å²) in [6, 6.07) is 5.68. The Balaban J connectivity index is 2.73. The van der Waals surface area contributed by atoms with Crippen LogP contribution in [0.3, 0.4) is 0 Å². The standard InChI is InChI=1S/C16H24F3N/c1-4-8-20-11-14(12(2)3)9-13-6-5-7-15(10-13)16(17,18)19/h5-7,10,12,14,20H,4,8-9,11H2,1-3H3. The van der Waals surface area contributed by atoms with Crippen LogP contribution in [0.4, 0.5) is 13.2 Å². The second-order valence-corrected chi connectivity index (χ2v) is 5.61. The first-order valence-electron chi connectivity index (χ1n) is 7.21. The molecule has 0 bridgehead atoms. The van der Waals surface area contributed by atoms with Crippen LogP contribution in [0.2, 0.25) is 0 Å². The molecule has 0 spiro atoms. The van der Waals surface area contributed by atoms with E-state index < -0.39 is 11.7 Å². The van der Waals surface area contributed by atoms with Gasteiger partial charge in [0.25, 0.3) is 0 Å². The van der Waals surface area contributed by atoms with Crippen LogP contribution in [0.25, 0.3) is 0 Å². The highest BCUT2D eigenvalue weighted by Crippen LogP contribution is 2.30. The summed E-state index contributed by atoms with van der Waals surface area (Å²) in [6.07, 6.45) is -2.52. The van der Waals surface area contributed by atoms with E-state index in [-0.39, 0.29) is 0 Å². The lowest BCUT2D eigenvalue weighted by molar-refractivity contribution is -0.137. The third kappa shape index (κ3) is 5.53. The summed E-state index contributed by atoms with van der Waals surface area (Å²) in [6.45, 7) is 8.13. The zero-order valence-electron chi connectivity index (χ0n) is 12.4. The number of benzene rings is 1. The molecule has 1 unspecified atom stereocenters. The van der Waals surface area contributed by atoms with Gasteiger partial charge in [-0.25, -0.2) is 0 Å². The first-order chi connectivity index (χ1) is 9.34. The molecule has 1 rings (SSSR count). The molecule has 0 radical (unpaired) electrons. The molecule has 0 heterocycles. The Hall–Kier alpha value is -1.03. The van der Waals surface area contributed by atoms with E-state index >= 15 is 0 Å². The van der Waals surface area contributed by atoms with Crippen molar-refractivity contribution in [3.05, 3.63) is 35.4 Å². The van der Waals surface area contributed by atoms with Crippen molar-refractivity contribution < 1.29 is 13.2 Å². The molecule has 1 atom stereocenters. The van der Waals surface area contributed by atoms with E-state index in [1.807, 2.05) is 0 Å². The maximum absolute atomic E-state index is 12.7. The molecular formula is C16H24F3N. The number of hydrogen-bond acceptors (Lipinski definition) is 1. The Morgan fingerprint density at radius 3 is 2.45 bits per heavy atom. The summed E-state index contributed by atoms with van der Waals surface area (Å²) >= 11 is 0. The normalized spacial score (nSPS) is 13.8. The first kappa shape index (κ1) is 17.0. The Bertz CT molecular complexity index is 399. The van der Waals surface area contributed by atoms with Crippen molar-refractivity contribution in [2.45, 2.75) is 39.8 Å². The second kappa shape index (κ2) is 7.67. The van der Waals surface area contributed by atoms with Crippen LogP contribution >= 0.6 is 0 Å². The van der Waals surface area contributed by atoms with Gasteiger partial charge in [-0.15, -0.1) is 0 Å². The first-order valence-corrected chi connectivity index (χ1v) is 7.21. The van der Waals surface area contributed by atoms with Gasteiger partial charge in [0, 0.05) is 0 Å². The van der Waals surface area contributed by atoms with Crippen molar-refractivity contribution in [1.29, 1.82) is 0 Å². The molecule has 20 heavy (non-hydrogen) atoms. The Labute approximate surface area is 119 Å². The van der Waals surface area contributed by atoms with E-state index in [0.717, 1.165) is 31.1 Å². The molecule has 1 nitrogen and oxygen atoms in total. The monoisotopic (exact) mass is 287 g/mol. The fourth-order valence-corrected chi connectivity index (χ4v) is 2.19. The molecule has 0 aromatic heterocycles. The minimum atomic E-state index is -4.26. The van der Waals surface area contributed by atoms with Crippen LogP contribution in [-0.2, 0) is 12.6 Å². The fourth-order valence-electron chi connectivity index (χ4n) is 2.19. The lowest BCUT2D eigenvalue weighted by Crippen LogP contribution is -2.28. The summed E-state index contributed by atoms with van der Waals surface area (Å²) in [5.74, 6) is 0.791. The third-order valence-corrected chi connectivity index (χ3v) is 3.53. The van der Waals surface area contributed by atoms with Crippen LogP contribution in [0, 0.1) is 11.8 Å². The number of nitrogens with one attached hydrogen (secondary N) is 1. The van der Waals surface area contributed by atoms with Crippen molar-refractivity contribution in [2.24, 2.45) is 11.8 Å². The maximum atomic E-state index is 12.7. The number of rotatable bonds is 7. The molecule has 0 saturated heterocycles. The molecule has 114 valence electrons. The number of halogens is 3. The van der Waals surface area contributed by atoms with Crippen molar-refractivity contribution in [3.8, 4) is 0 Å². The number of alkyl halides is 3. The van der Waals surface area contributed by atoms with Gasteiger partial charge in [0.05, 0.1) is 5.56 Å². The van der Waals surface area contributed by atoms with Gasteiger partial charge in [0.15, 0.2) is 0 Å². The van der Waals surface area contributed by atoms with Gasteiger partial charge in [0.1, 0.15) is 0 Å². The van der Waals surface area contributed by atoms with Gasteiger partial charge in [-0.2, -0.15) is 13.2 Å². The van der Waals surface area contributed by atoms with Gasteiger partial charge in [-0.3, -0.25) is 0 Å². The highest BCUT2D eigenvalue weighted by Gasteiger charge is 2.30. The lowest BCUT2D eigenvalue weighted by Gasteiger charge is -2.22. The van der Waals surface area contributed by atoms with Crippen LogP contribution in [0.15, 0.2) is 24.3 Å². The quantitative estimate of drug-likeness (QED) is 0.727. The smallest absolute Gasteiger partial charge is 0.316 e. The topological polar surface area (TPSA) is 12.0 Å². The van der Waals surface area contributed by atoms with E-state index in [1.165, 1.54) is 12.1 Å². The van der Waals surface area contributed by atoms with Gasteiger partial charge in [0.2, 0.25) is 0 Å². The van der Waals surface area contributed by atoms with Crippen molar-refractivity contribution in [3.63, 3.8) is 0 Å². The van der Waals surface area contributed by atoms with E-state index in [0.29, 0.717) is 18.3 Å². The largest absolute Gasteiger partial charge is 0.416 e. The van der Waals surface area contributed by atoms with Gasteiger partial charge in [-0.1, -0.05) is 39.0 Å². The minimum absolute atomic E-state index is 0.352. The highest BCUT2D eigenvalue weighted by molar-refractivity contribution is 5.26. The molecule has 0 aliphatic rings. The van der Waals surface area contributed by atoms with Gasteiger partial charge in [-0.05, 0) is 49.4 Å². The van der Waals surface area contributed by atoms with E-state index in [1.54, 1.807) is 6.07 Å². The fraction of sp³-hybridized carbons (Fsp3) is 0.625. The van der Waals surface area contributed by atoms with Crippen LogP contribution in [-0.4, -0.2) is 13.1 Å². The SMILES string of the molecule is CCCNCC(Cc1cccc(C(F)(F)F)c1)C(C)C. The summed E-state index contributed by atoms with van der Waals surface area (Å²) in [7, 11) is 0. The molecule has 1 aromatic carbocycles. The predicted molar refractivity (Wildman–Crippen MR) is 76.6 cm³/mol. The van der Waals surface area contributed by atoms with E-state index in [9.17, 15) is 13.2 Å². The molecular weight excluding hydrogens is 263 g/mol. The molecule has 0 fully saturated rings. The summed E-state index contributed by atoms with van der Waals surface area (Å²) < 4.78 is 38.1. The van der Waals surface area contributed by atoms with E-state index in [4.69, 9.17) is 0 Å². The molecule has 0 aliphatic heterocycles. The average Bonchev–Trinajstić information content (AvgIpc) is 2.37. The molecule has 0 amide bonds. The second-order valence-electron chi connectivity index (χ2n) is 5.61. The van der Waals surface area contributed by atoms with Gasteiger partial charge < -0.3 is 5.32 Å². The van der Waals surface area contributed by atoms with Crippen molar-refractivity contribution >= 4 is 0 Å². The highest BCUT2D eigenvalue weighted by atomic mass is 19.4. The van der Waals surface area contributed by atoms with Gasteiger partial charge >= 0.3 is 6.18 Å². The maximum Gasteiger partial charge on any atom is 0.416 e. The molecule has 0 saturated carbocycles. The lowest BCUT2D eigenvalue weighted by atomic mass is 9.88. The van der Waals surface area contributed by atoms with Crippen LogP contribution in [0.5, 0.6) is 0 Å². The predicted octanol–water partition coefficient (Wildman–Crippen LogP) is 4.52. The zero-order chi connectivity index (χ0) is 15.2. The Morgan fingerprint density at radius 1 is 1.20 bits per heavy atom. The third-order valence-electron chi connectivity index (χ3n) is 3.53. The molecule has 1 N–H and O–H groups in total. The Morgan fingerprint density at radius 2 is 1.90 bits per heavy atom. The molecule has 4 heteroatoms. The molecule has 1 aromatic rings. The average molecular weight is 287 g/mol. The minimum Gasteiger partial charge on any atom is -0.316 e. The van der Waals surface area contributed by atoms with Crippen LogP contribution in [0.1, 0.15) is 38.3 Å².